The number of piperazine rings is 1. The van der Waals surface area contributed by atoms with Crippen molar-refractivity contribution in [1.29, 1.82) is 0 Å². The van der Waals surface area contributed by atoms with Gasteiger partial charge in [0.25, 0.3) is 5.91 Å². The summed E-state index contributed by atoms with van der Waals surface area (Å²) in [5.41, 5.74) is 6.66. The molecule has 92 valence electrons. The van der Waals surface area contributed by atoms with Gasteiger partial charge < -0.3 is 15.5 Å². The summed E-state index contributed by atoms with van der Waals surface area (Å²) in [5.74, 6) is -0.0303. The molecule has 1 aromatic heterocycles. The predicted molar refractivity (Wildman–Crippen MR) is 66.6 cm³/mol. The van der Waals surface area contributed by atoms with Gasteiger partial charge in [-0.25, -0.2) is 0 Å². The van der Waals surface area contributed by atoms with E-state index in [-0.39, 0.29) is 5.91 Å². The molecule has 1 unspecified atom stereocenters. The molecular formula is C12H18N4O. The van der Waals surface area contributed by atoms with E-state index in [2.05, 4.69) is 23.9 Å². The van der Waals surface area contributed by atoms with Crippen molar-refractivity contribution in [2.75, 3.05) is 32.4 Å². The lowest BCUT2D eigenvalue weighted by atomic mass is 10.2. The maximum Gasteiger partial charge on any atom is 0.272 e. The Morgan fingerprint density at radius 3 is 2.94 bits per heavy atom. The van der Waals surface area contributed by atoms with Gasteiger partial charge in [0.15, 0.2) is 0 Å². The first-order valence-corrected chi connectivity index (χ1v) is 5.79. The largest absolute Gasteiger partial charge is 0.399 e. The van der Waals surface area contributed by atoms with Gasteiger partial charge in [-0.3, -0.25) is 9.78 Å². The zero-order chi connectivity index (χ0) is 12.4. The average molecular weight is 234 g/mol. The van der Waals surface area contributed by atoms with E-state index in [1.807, 2.05) is 4.90 Å². The van der Waals surface area contributed by atoms with Crippen LogP contribution in [0, 0.1) is 0 Å². The second-order valence-electron chi connectivity index (χ2n) is 4.56. The fraction of sp³-hybridized carbons (Fsp3) is 0.500. The highest BCUT2D eigenvalue weighted by Crippen LogP contribution is 2.11. The highest BCUT2D eigenvalue weighted by Gasteiger charge is 2.25. The molecule has 1 aliphatic heterocycles. The third-order valence-corrected chi connectivity index (χ3v) is 3.25. The van der Waals surface area contributed by atoms with E-state index in [0.717, 1.165) is 19.6 Å². The van der Waals surface area contributed by atoms with Crippen LogP contribution in [-0.4, -0.2) is 53.4 Å². The van der Waals surface area contributed by atoms with E-state index in [0.29, 0.717) is 17.4 Å². The molecule has 5 nitrogen and oxygen atoms in total. The van der Waals surface area contributed by atoms with Crippen LogP contribution < -0.4 is 5.73 Å². The standard InChI is InChI=1S/C12H18N4O/c1-9-8-16(6-5-15(9)2)12(17)11-7-10(13)3-4-14-11/h3-4,7,9H,5-6,8H2,1-2H3,(H2,13,14). The maximum absolute atomic E-state index is 12.2. The first kappa shape index (κ1) is 11.9. The molecule has 0 aromatic carbocycles. The Kier molecular flexibility index (Phi) is 3.28. The molecule has 17 heavy (non-hydrogen) atoms. The van der Waals surface area contributed by atoms with Gasteiger partial charge in [0.05, 0.1) is 0 Å². The fourth-order valence-electron chi connectivity index (χ4n) is 1.96. The third-order valence-electron chi connectivity index (χ3n) is 3.25. The Bertz CT molecular complexity index is 421. The van der Waals surface area contributed by atoms with Gasteiger partial charge in [0, 0.05) is 37.6 Å². The quantitative estimate of drug-likeness (QED) is 0.766. The molecule has 0 saturated carbocycles. The van der Waals surface area contributed by atoms with Crippen molar-refractivity contribution in [3.63, 3.8) is 0 Å². The Morgan fingerprint density at radius 2 is 2.29 bits per heavy atom. The van der Waals surface area contributed by atoms with Crippen LogP contribution in [0.5, 0.6) is 0 Å². The molecule has 2 heterocycles. The fourth-order valence-corrected chi connectivity index (χ4v) is 1.96. The van der Waals surface area contributed by atoms with Crippen LogP contribution in [0.2, 0.25) is 0 Å². The number of rotatable bonds is 1. The second-order valence-corrected chi connectivity index (χ2v) is 4.56. The molecule has 2 N–H and O–H groups in total. The van der Waals surface area contributed by atoms with E-state index in [1.165, 1.54) is 0 Å². The minimum atomic E-state index is -0.0303. The number of anilines is 1. The normalized spacial score (nSPS) is 21.5. The smallest absolute Gasteiger partial charge is 0.272 e. The summed E-state index contributed by atoms with van der Waals surface area (Å²) in [6.45, 7) is 4.50. The lowest BCUT2D eigenvalue weighted by Crippen LogP contribution is -2.52. The summed E-state index contributed by atoms with van der Waals surface area (Å²) < 4.78 is 0. The minimum absolute atomic E-state index is 0.0303. The number of nitrogens with zero attached hydrogens (tertiary/aromatic N) is 3. The molecule has 0 bridgehead atoms. The zero-order valence-corrected chi connectivity index (χ0v) is 10.3. The van der Waals surface area contributed by atoms with Gasteiger partial charge in [-0.15, -0.1) is 0 Å². The summed E-state index contributed by atoms with van der Waals surface area (Å²) in [6, 6.07) is 3.70. The van der Waals surface area contributed by atoms with Crippen LogP contribution in [0.25, 0.3) is 0 Å². The van der Waals surface area contributed by atoms with Crippen molar-refractivity contribution in [2.24, 2.45) is 0 Å². The van der Waals surface area contributed by atoms with Crippen molar-refractivity contribution in [3.05, 3.63) is 24.0 Å². The molecule has 1 aromatic rings. The van der Waals surface area contributed by atoms with Crippen molar-refractivity contribution in [1.82, 2.24) is 14.8 Å². The van der Waals surface area contributed by atoms with Gasteiger partial charge in [-0.2, -0.15) is 0 Å². The molecule has 0 radical (unpaired) electrons. The number of likely N-dealkylation sites (N-methyl/N-ethyl adjacent to an activating group) is 1. The van der Waals surface area contributed by atoms with Crippen LogP contribution in [0.3, 0.4) is 0 Å². The average Bonchev–Trinajstić information content (AvgIpc) is 2.32. The van der Waals surface area contributed by atoms with E-state index in [9.17, 15) is 4.79 Å². The molecule has 1 saturated heterocycles. The molecule has 1 aliphatic rings. The number of nitrogen functional groups attached to an aromatic ring is 1. The second kappa shape index (κ2) is 4.71. The molecular weight excluding hydrogens is 216 g/mol. The van der Waals surface area contributed by atoms with Crippen LogP contribution in [0.15, 0.2) is 18.3 Å². The molecule has 1 amide bonds. The van der Waals surface area contributed by atoms with Gasteiger partial charge >= 0.3 is 0 Å². The zero-order valence-electron chi connectivity index (χ0n) is 10.3. The van der Waals surface area contributed by atoms with E-state index < -0.39 is 0 Å². The van der Waals surface area contributed by atoms with Crippen molar-refractivity contribution in [3.8, 4) is 0 Å². The number of carbonyl (C=O) groups excluding carboxylic acids is 1. The lowest BCUT2D eigenvalue weighted by Gasteiger charge is -2.37. The molecule has 2 rings (SSSR count). The van der Waals surface area contributed by atoms with Gasteiger partial charge in [0.2, 0.25) is 0 Å². The highest BCUT2D eigenvalue weighted by molar-refractivity contribution is 5.93. The van der Waals surface area contributed by atoms with E-state index >= 15 is 0 Å². The molecule has 1 fully saturated rings. The first-order valence-electron chi connectivity index (χ1n) is 5.79. The molecule has 0 aliphatic carbocycles. The van der Waals surface area contributed by atoms with Crippen LogP contribution in [-0.2, 0) is 0 Å². The number of hydrogen-bond acceptors (Lipinski definition) is 4. The first-order chi connectivity index (χ1) is 8.08. The maximum atomic E-state index is 12.2. The molecule has 0 spiro atoms. The lowest BCUT2D eigenvalue weighted by molar-refractivity contribution is 0.0567. The highest BCUT2D eigenvalue weighted by atomic mass is 16.2. The van der Waals surface area contributed by atoms with Crippen LogP contribution >= 0.6 is 0 Å². The summed E-state index contributed by atoms with van der Waals surface area (Å²) in [7, 11) is 2.07. The number of hydrogen-bond donors (Lipinski definition) is 1. The van der Waals surface area contributed by atoms with Crippen molar-refractivity contribution in [2.45, 2.75) is 13.0 Å². The third kappa shape index (κ3) is 2.55. The summed E-state index contributed by atoms with van der Waals surface area (Å²) in [4.78, 5) is 20.4. The van der Waals surface area contributed by atoms with Crippen LogP contribution in [0.4, 0.5) is 5.69 Å². The summed E-state index contributed by atoms with van der Waals surface area (Å²) >= 11 is 0. The number of carbonyl (C=O) groups is 1. The Hall–Kier alpha value is -1.62. The molecule has 5 heteroatoms. The van der Waals surface area contributed by atoms with Gasteiger partial charge in [-0.1, -0.05) is 0 Å². The number of aromatic nitrogens is 1. The SMILES string of the molecule is CC1CN(C(=O)c2cc(N)ccn2)CCN1C. The monoisotopic (exact) mass is 234 g/mol. The Balaban J connectivity index is 2.10. The molecule has 1 atom stereocenters. The van der Waals surface area contributed by atoms with Gasteiger partial charge in [-0.05, 0) is 26.1 Å². The Morgan fingerprint density at radius 1 is 1.53 bits per heavy atom. The van der Waals surface area contributed by atoms with Crippen molar-refractivity contribution >= 4 is 11.6 Å². The van der Waals surface area contributed by atoms with Gasteiger partial charge in [0.1, 0.15) is 5.69 Å². The Labute approximate surface area is 101 Å². The predicted octanol–water partition coefficient (Wildman–Crippen LogP) is 0.440. The van der Waals surface area contributed by atoms with E-state index in [4.69, 9.17) is 5.73 Å². The van der Waals surface area contributed by atoms with Crippen molar-refractivity contribution < 1.29 is 4.79 Å². The number of amides is 1. The topological polar surface area (TPSA) is 62.5 Å². The minimum Gasteiger partial charge on any atom is -0.399 e. The van der Waals surface area contributed by atoms with E-state index in [1.54, 1.807) is 18.3 Å². The van der Waals surface area contributed by atoms with Crippen LogP contribution in [0.1, 0.15) is 17.4 Å². The number of nitrogens with two attached hydrogens (primary N) is 1. The summed E-state index contributed by atoms with van der Waals surface area (Å²) in [5, 5.41) is 0. The number of pyridine rings is 1. The summed E-state index contributed by atoms with van der Waals surface area (Å²) in [6.07, 6.45) is 1.57.